The molecule has 8 nitrogen and oxygen atoms in total. The van der Waals surface area contributed by atoms with E-state index >= 15 is 0 Å². The van der Waals surface area contributed by atoms with Gasteiger partial charge in [0.2, 0.25) is 5.75 Å². The average Bonchev–Trinajstić information content (AvgIpc) is 3.26. The molecule has 31 heavy (non-hydrogen) atoms. The maximum atomic E-state index is 12.0. The van der Waals surface area contributed by atoms with E-state index in [1.54, 1.807) is 23.9 Å². The Kier molecular flexibility index (Phi) is 8.56. The van der Waals surface area contributed by atoms with Gasteiger partial charge in [-0.15, -0.1) is 10.2 Å². The zero-order valence-corrected chi connectivity index (χ0v) is 19.2. The van der Waals surface area contributed by atoms with Crippen molar-refractivity contribution < 1.29 is 19.4 Å². The van der Waals surface area contributed by atoms with Crippen LogP contribution in [0.15, 0.2) is 56.2 Å². The van der Waals surface area contributed by atoms with Gasteiger partial charge in [0.1, 0.15) is 0 Å². The maximum absolute atomic E-state index is 12.0. The van der Waals surface area contributed by atoms with E-state index in [0.29, 0.717) is 5.56 Å². The molecule has 1 heterocycles. The third-order valence-electron chi connectivity index (χ3n) is 3.82. The number of hydrogen-bond acceptors (Lipinski definition) is 10. The van der Waals surface area contributed by atoms with E-state index in [0.717, 1.165) is 14.4 Å². The number of aromatic hydroxyl groups is 1. The second-order valence-corrected chi connectivity index (χ2v) is 9.39. The van der Waals surface area contributed by atoms with E-state index < -0.39 is 0 Å². The zero-order chi connectivity index (χ0) is 22.1. The summed E-state index contributed by atoms with van der Waals surface area (Å²) in [6, 6.07) is 13.3. The van der Waals surface area contributed by atoms with Crippen LogP contribution in [0.1, 0.15) is 11.1 Å². The number of phenolic OH excluding ortho intramolecular Hbond substituents is 1. The molecule has 2 aromatic carbocycles. The van der Waals surface area contributed by atoms with Crippen LogP contribution in [0, 0.1) is 0 Å². The number of aromatic nitrogens is 2. The molecule has 0 aliphatic rings. The van der Waals surface area contributed by atoms with E-state index in [4.69, 9.17) is 9.47 Å². The minimum Gasteiger partial charge on any atom is -0.502 e. The highest BCUT2D eigenvalue weighted by atomic mass is 32.2. The molecule has 0 aliphatic heterocycles. The predicted octanol–water partition coefficient (Wildman–Crippen LogP) is 3.80. The minimum absolute atomic E-state index is 0.0963. The number of methoxy groups -OCH3 is 2. The number of hydrogen-bond donors (Lipinski definition) is 2. The molecule has 162 valence electrons. The maximum Gasteiger partial charge on any atom is 0.250 e. The number of carbonyl (C=O) groups is 1. The Bertz CT molecular complexity index is 1020. The summed E-state index contributed by atoms with van der Waals surface area (Å²) in [5.74, 6) is 1.12. The number of ether oxygens (including phenoxy) is 2. The largest absolute Gasteiger partial charge is 0.502 e. The summed E-state index contributed by atoms with van der Waals surface area (Å²) < 4.78 is 11.8. The number of rotatable bonds is 10. The molecule has 0 bridgehead atoms. The lowest BCUT2D eigenvalue weighted by Gasteiger charge is -2.09. The van der Waals surface area contributed by atoms with Crippen molar-refractivity contribution in [2.45, 2.75) is 14.4 Å². The van der Waals surface area contributed by atoms with Gasteiger partial charge in [-0.25, -0.2) is 5.43 Å². The first-order valence-electron chi connectivity index (χ1n) is 8.99. The zero-order valence-electron chi connectivity index (χ0n) is 16.8. The quantitative estimate of drug-likeness (QED) is 0.259. The summed E-state index contributed by atoms with van der Waals surface area (Å²) in [5, 5.41) is 22.1. The Labute approximate surface area is 192 Å². The molecular formula is C20H20N4O4S3. The molecule has 0 saturated heterocycles. The molecule has 0 unspecified atom stereocenters. The lowest BCUT2D eigenvalue weighted by molar-refractivity contribution is -0.118. The summed E-state index contributed by atoms with van der Waals surface area (Å²) in [6.45, 7) is 0. The fraction of sp³-hybridized carbons (Fsp3) is 0.200. The fourth-order valence-corrected chi connectivity index (χ4v) is 5.13. The van der Waals surface area contributed by atoms with Gasteiger partial charge in [0, 0.05) is 11.3 Å². The van der Waals surface area contributed by atoms with Crippen molar-refractivity contribution in [1.29, 1.82) is 0 Å². The first-order chi connectivity index (χ1) is 15.1. The predicted molar refractivity (Wildman–Crippen MR) is 124 cm³/mol. The monoisotopic (exact) mass is 476 g/mol. The van der Waals surface area contributed by atoms with Gasteiger partial charge in [0.05, 0.1) is 26.2 Å². The van der Waals surface area contributed by atoms with Crippen LogP contribution in [0.2, 0.25) is 0 Å². The SMILES string of the molecule is COc1cc(/C=N\NC(=O)CSc2nnc(SCc3ccccc3)s2)cc(OC)c1O. The highest BCUT2D eigenvalue weighted by molar-refractivity contribution is 8.03. The van der Waals surface area contributed by atoms with Crippen LogP contribution in [0.25, 0.3) is 0 Å². The second kappa shape index (κ2) is 11.6. The Hall–Kier alpha value is -2.76. The number of nitrogens with one attached hydrogen (secondary N) is 1. The molecule has 1 aromatic heterocycles. The average molecular weight is 477 g/mol. The first kappa shape index (κ1) is 22.9. The van der Waals surface area contributed by atoms with Gasteiger partial charge in [0.25, 0.3) is 5.91 Å². The van der Waals surface area contributed by atoms with Gasteiger partial charge < -0.3 is 14.6 Å². The molecule has 3 aromatic rings. The van der Waals surface area contributed by atoms with Crippen LogP contribution < -0.4 is 14.9 Å². The normalized spacial score (nSPS) is 10.9. The molecule has 11 heteroatoms. The van der Waals surface area contributed by atoms with E-state index in [1.807, 2.05) is 18.2 Å². The summed E-state index contributed by atoms with van der Waals surface area (Å²) in [6.07, 6.45) is 1.44. The Balaban J connectivity index is 1.46. The molecular weight excluding hydrogens is 456 g/mol. The van der Waals surface area contributed by atoms with Crippen LogP contribution in [-0.4, -0.2) is 47.4 Å². The van der Waals surface area contributed by atoms with Crippen molar-refractivity contribution in [2.75, 3.05) is 20.0 Å². The molecule has 0 fully saturated rings. The van der Waals surface area contributed by atoms with Crippen molar-refractivity contribution in [2.24, 2.45) is 5.10 Å². The van der Waals surface area contributed by atoms with Crippen LogP contribution in [0.3, 0.4) is 0 Å². The van der Waals surface area contributed by atoms with E-state index in [-0.39, 0.29) is 28.9 Å². The van der Waals surface area contributed by atoms with E-state index in [1.165, 1.54) is 49.1 Å². The minimum atomic E-state index is -0.271. The van der Waals surface area contributed by atoms with Crippen molar-refractivity contribution in [3.05, 3.63) is 53.6 Å². The lowest BCUT2D eigenvalue weighted by Crippen LogP contribution is -2.19. The van der Waals surface area contributed by atoms with Gasteiger partial charge in [0.15, 0.2) is 20.2 Å². The molecule has 3 rings (SSSR count). The number of benzene rings is 2. The lowest BCUT2D eigenvalue weighted by atomic mass is 10.2. The third-order valence-corrected chi connectivity index (χ3v) is 7.09. The van der Waals surface area contributed by atoms with Crippen LogP contribution in [-0.2, 0) is 10.5 Å². The van der Waals surface area contributed by atoms with Gasteiger partial charge in [-0.2, -0.15) is 5.10 Å². The van der Waals surface area contributed by atoms with Crippen LogP contribution in [0.5, 0.6) is 17.2 Å². The Morgan fingerprint density at radius 3 is 2.42 bits per heavy atom. The topological polar surface area (TPSA) is 106 Å². The third kappa shape index (κ3) is 6.88. The Morgan fingerprint density at radius 1 is 1.13 bits per heavy atom. The highest BCUT2D eigenvalue weighted by Crippen LogP contribution is 2.36. The molecule has 0 atom stereocenters. The second-order valence-electron chi connectivity index (χ2n) is 5.96. The van der Waals surface area contributed by atoms with Crippen LogP contribution >= 0.6 is 34.9 Å². The molecule has 0 saturated carbocycles. The smallest absolute Gasteiger partial charge is 0.250 e. The number of phenols is 1. The number of thioether (sulfide) groups is 2. The highest BCUT2D eigenvalue weighted by Gasteiger charge is 2.11. The molecule has 2 N–H and O–H groups in total. The number of hydrazone groups is 1. The standard InChI is InChI=1S/C20H20N4O4S3/c1-27-15-8-14(9-16(28-2)18(15)26)10-21-22-17(25)12-30-20-24-23-19(31-20)29-11-13-6-4-3-5-7-13/h3-10,26H,11-12H2,1-2H3,(H,22,25)/b21-10-. The van der Waals surface area contributed by atoms with Crippen molar-refractivity contribution in [3.8, 4) is 17.2 Å². The summed E-state index contributed by atoms with van der Waals surface area (Å²) in [4.78, 5) is 12.0. The van der Waals surface area contributed by atoms with E-state index in [2.05, 4.69) is 32.9 Å². The fourth-order valence-electron chi connectivity index (χ4n) is 2.36. The van der Waals surface area contributed by atoms with Gasteiger partial charge in [-0.3, -0.25) is 4.79 Å². The van der Waals surface area contributed by atoms with Gasteiger partial charge >= 0.3 is 0 Å². The van der Waals surface area contributed by atoms with Crippen molar-refractivity contribution >= 4 is 47.0 Å². The Morgan fingerprint density at radius 2 is 1.77 bits per heavy atom. The van der Waals surface area contributed by atoms with Gasteiger partial charge in [-0.05, 0) is 17.7 Å². The molecule has 0 aliphatic carbocycles. The summed E-state index contributed by atoms with van der Waals surface area (Å²) in [7, 11) is 2.88. The molecule has 1 amide bonds. The number of carbonyl (C=O) groups excluding carboxylic acids is 1. The number of amides is 1. The number of nitrogens with zero attached hydrogens (tertiary/aromatic N) is 3. The summed E-state index contributed by atoms with van der Waals surface area (Å²) in [5.41, 5.74) is 4.28. The summed E-state index contributed by atoms with van der Waals surface area (Å²) >= 11 is 4.38. The van der Waals surface area contributed by atoms with Gasteiger partial charge in [-0.1, -0.05) is 65.2 Å². The molecule has 0 spiro atoms. The van der Waals surface area contributed by atoms with E-state index in [9.17, 15) is 9.90 Å². The first-order valence-corrected chi connectivity index (χ1v) is 11.8. The van der Waals surface area contributed by atoms with Crippen LogP contribution in [0.4, 0.5) is 0 Å². The van der Waals surface area contributed by atoms with Crippen molar-refractivity contribution in [3.63, 3.8) is 0 Å². The van der Waals surface area contributed by atoms with Crippen molar-refractivity contribution in [1.82, 2.24) is 15.6 Å². The molecule has 0 radical (unpaired) electrons.